The molecule has 4 aromatic rings. The molecule has 0 N–H and O–H groups in total. The van der Waals surface area contributed by atoms with E-state index in [2.05, 4.69) is 46.4 Å². The summed E-state index contributed by atoms with van der Waals surface area (Å²) in [6, 6.07) is 16.6. The SMILES string of the molecule is O=[N+]([O-])c1nccc(-c2cc3ccccc3c3ccc4c(c23)CCCC4)n1. The third-order valence-electron chi connectivity index (χ3n) is 5.44. The fourth-order valence-corrected chi connectivity index (χ4v) is 4.24. The first kappa shape index (κ1) is 15.9. The summed E-state index contributed by atoms with van der Waals surface area (Å²) in [4.78, 5) is 18.7. The normalized spacial score (nSPS) is 13.6. The standard InChI is InChI=1S/C22H17N3O2/c26-25(27)22-23-12-11-20(24-22)19-13-15-6-2-3-7-16(15)18-10-9-14-5-1-4-8-17(14)21(18)19/h2-3,6-7,9-13H,1,4-5,8H2. The fraction of sp³-hybridized carbons (Fsp3) is 0.182. The smallest absolute Gasteiger partial charge is 0.390 e. The first-order valence-corrected chi connectivity index (χ1v) is 9.16. The number of hydrogen-bond acceptors (Lipinski definition) is 4. The second kappa shape index (κ2) is 6.13. The zero-order valence-electron chi connectivity index (χ0n) is 14.7. The van der Waals surface area contributed by atoms with Crippen molar-refractivity contribution in [3.63, 3.8) is 0 Å². The molecular weight excluding hydrogens is 338 g/mol. The summed E-state index contributed by atoms with van der Waals surface area (Å²) in [5.74, 6) is -0.362. The zero-order chi connectivity index (χ0) is 18.4. The Morgan fingerprint density at radius 3 is 2.70 bits per heavy atom. The molecule has 0 unspecified atom stereocenters. The Morgan fingerprint density at radius 2 is 1.81 bits per heavy atom. The Morgan fingerprint density at radius 1 is 0.963 bits per heavy atom. The molecule has 0 saturated carbocycles. The van der Waals surface area contributed by atoms with Gasteiger partial charge >= 0.3 is 5.95 Å². The highest BCUT2D eigenvalue weighted by molar-refractivity contribution is 6.15. The van der Waals surface area contributed by atoms with Crippen molar-refractivity contribution < 1.29 is 4.92 Å². The Kier molecular flexibility index (Phi) is 3.60. The first-order chi connectivity index (χ1) is 13.2. The van der Waals surface area contributed by atoms with Crippen LogP contribution < -0.4 is 0 Å². The van der Waals surface area contributed by atoms with Gasteiger partial charge in [-0.2, -0.15) is 0 Å². The Labute approximate surface area is 155 Å². The van der Waals surface area contributed by atoms with E-state index in [4.69, 9.17) is 0 Å². The lowest BCUT2D eigenvalue weighted by Gasteiger charge is -2.20. The van der Waals surface area contributed by atoms with E-state index in [0.717, 1.165) is 23.8 Å². The highest BCUT2D eigenvalue weighted by Crippen LogP contribution is 2.39. The van der Waals surface area contributed by atoms with E-state index in [1.807, 2.05) is 6.07 Å². The quantitative estimate of drug-likeness (QED) is 0.280. The third-order valence-corrected chi connectivity index (χ3v) is 5.44. The van der Waals surface area contributed by atoms with Gasteiger partial charge in [-0.25, -0.2) is 0 Å². The van der Waals surface area contributed by atoms with Gasteiger partial charge in [-0.3, -0.25) is 0 Å². The van der Waals surface area contributed by atoms with Crippen LogP contribution in [-0.2, 0) is 12.8 Å². The van der Waals surface area contributed by atoms with E-state index >= 15 is 0 Å². The summed E-state index contributed by atoms with van der Waals surface area (Å²) >= 11 is 0. The first-order valence-electron chi connectivity index (χ1n) is 9.16. The zero-order valence-corrected chi connectivity index (χ0v) is 14.7. The molecule has 0 radical (unpaired) electrons. The monoisotopic (exact) mass is 355 g/mol. The van der Waals surface area contributed by atoms with Gasteiger partial charge in [-0.05, 0) is 69.3 Å². The van der Waals surface area contributed by atoms with Gasteiger partial charge in [0, 0.05) is 11.6 Å². The summed E-state index contributed by atoms with van der Waals surface area (Å²) in [6.07, 6.45) is 5.96. The van der Waals surface area contributed by atoms with Gasteiger partial charge in [0.2, 0.25) is 0 Å². The van der Waals surface area contributed by atoms with Gasteiger partial charge < -0.3 is 10.1 Å². The van der Waals surface area contributed by atoms with Crippen LogP contribution in [0.15, 0.2) is 54.7 Å². The maximum atomic E-state index is 11.2. The maximum Gasteiger partial charge on any atom is 0.469 e. The second-order valence-electron chi connectivity index (χ2n) is 6.98. The fourth-order valence-electron chi connectivity index (χ4n) is 4.24. The van der Waals surface area contributed by atoms with E-state index in [1.165, 1.54) is 46.3 Å². The average molecular weight is 355 g/mol. The van der Waals surface area contributed by atoms with Crippen molar-refractivity contribution in [2.45, 2.75) is 25.7 Å². The van der Waals surface area contributed by atoms with E-state index in [9.17, 15) is 10.1 Å². The van der Waals surface area contributed by atoms with E-state index < -0.39 is 4.92 Å². The van der Waals surface area contributed by atoms with Crippen molar-refractivity contribution >= 4 is 27.5 Å². The number of rotatable bonds is 2. The van der Waals surface area contributed by atoms with Gasteiger partial charge in [-0.1, -0.05) is 46.4 Å². The van der Waals surface area contributed by atoms with Crippen LogP contribution in [-0.4, -0.2) is 14.9 Å². The second-order valence-corrected chi connectivity index (χ2v) is 6.98. The van der Waals surface area contributed by atoms with Crippen molar-refractivity contribution in [1.82, 2.24) is 9.97 Å². The van der Waals surface area contributed by atoms with Gasteiger partial charge in [0.15, 0.2) is 5.69 Å². The Balaban J connectivity index is 1.92. The van der Waals surface area contributed by atoms with Gasteiger partial charge in [0.1, 0.15) is 6.20 Å². The lowest BCUT2D eigenvalue weighted by atomic mass is 9.84. The van der Waals surface area contributed by atoms with E-state index in [0.29, 0.717) is 5.69 Å². The summed E-state index contributed by atoms with van der Waals surface area (Å²) in [7, 11) is 0. The van der Waals surface area contributed by atoms with Crippen molar-refractivity contribution in [2.24, 2.45) is 0 Å². The molecule has 0 bridgehead atoms. The molecule has 0 aliphatic heterocycles. The van der Waals surface area contributed by atoms with E-state index in [1.54, 1.807) is 6.07 Å². The van der Waals surface area contributed by atoms with Crippen LogP contribution in [0.4, 0.5) is 5.95 Å². The number of aryl methyl sites for hydroxylation is 2. The van der Waals surface area contributed by atoms with Crippen LogP contribution in [0.3, 0.4) is 0 Å². The van der Waals surface area contributed by atoms with Crippen molar-refractivity contribution in [1.29, 1.82) is 0 Å². The Hall–Kier alpha value is -3.34. The summed E-state index contributed by atoms with van der Waals surface area (Å²) in [5, 5.41) is 15.8. The number of nitro groups is 1. The predicted octanol–water partition coefficient (Wildman–Crippen LogP) is 5.24. The van der Waals surface area contributed by atoms with Crippen molar-refractivity contribution in [2.75, 3.05) is 0 Å². The Bertz CT molecular complexity index is 1220. The molecule has 5 rings (SSSR count). The summed E-state index contributed by atoms with van der Waals surface area (Å²) < 4.78 is 0. The number of aromatic nitrogens is 2. The molecule has 0 saturated heterocycles. The van der Waals surface area contributed by atoms with Crippen LogP contribution >= 0.6 is 0 Å². The largest absolute Gasteiger partial charge is 0.469 e. The van der Waals surface area contributed by atoms with Crippen LogP contribution in [0.5, 0.6) is 0 Å². The lowest BCUT2D eigenvalue weighted by Crippen LogP contribution is -2.04. The number of hydrogen-bond donors (Lipinski definition) is 0. The maximum absolute atomic E-state index is 11.2. The molecule has 132 valence electrons. The minimum Gasteiger partial charge on any atom is -0.390 e. The molecule has 1 aliphatic carbocycles. The highest BCUT2D eigenvalue weighted by atomic mass is 16.6. The lowest BCUT2D eigenvalue weighted by molar-refractivity contribution is -0.394. The molecular formula is C22H17N3O2. The van der Waals surface area contributed by atoms with Crippen LogP contribution in [0.2, 0.25) is 0 Å². The molecule has 0 spiro atoms. The molecule has 0 atom stereocenters. The molecule has 1 aromatic heterocycles. The minimum atomic E-state index is -0.539. The van der Waals surface area contributed by atoms with Gasteiger partial charge in [0.25, 0.3) is 0 Å². The molecule has 5 nitrogen and oxygen atoms in total. The number of benzene rings is 3. The van der Waals surface area contributed by atoms with Gasteiger partial charge in [0.05, 0.1) is 0 Å². The average Bonchev–Trinajstić information content (AvgIpc) is 2.73. The van der Waals surface area contributed by atoms with Crippen LogP contribution in [0.1, 0.15) is 24.0 Å². The van der Waals surface area contributed by atoms with Crippen LogP contribution in [0, 0.1) is 10.1 Å². The topological polar surface area (TPSA) is 68.9 Å². The van der Waals surface area contributed by atoms with Gasteiger partial charge in [-0.15, -0.1) is 0 Å². The third kappa shape index (κ3) is 2.54. The highest BCUT2D eigenvalue weighted by Gasteiger charge is 2.20. The van der Waals surface area contributed by atoms with E-state index in [-0.39, 0.29) is 5.95 Å². The number of fused-ring (bicyclic) bond motifs is 5. The van der Waals surface area contributed by atoms with Crippen LogP contribution in [0.25, 0.3) is 32.8 Å². The molecule has 3 aromatic carbocycles. The van der Waals surface area contributed by atoms with Crippen molar-refractivity contribution in [3.8, 4) is 11.3 Å². The molecule has 5 heteroatoms. The predicted molar refractivity (Wildman–Crippen MR) is 106 cm³/mol. The minimum absolute atomic E-state index is 0.362. The number of nitrogens with zero attached hydrogens (tertiary/aromatic N) is 3. The van der Waals surface area contributed by atoms with Crippen molar-refractivity contribution in [3.05, 3.63) is 76.0 Å². The molecule has 1 heterocycles. The molecule has 27 heavy (non-hydrogen) atoms. The molecule has 0 fully saturated rings. The molecule has 0 amide bonds. The molecule has 1 aliphatic rings. The summed E-state index contributed by atoms with van der Waals surface area (Å²) in [5.41, 5.74) is 4.30. The summed E-state index contributed by atoms with van der Waals surface area (Å²) in [6.45, 7) is 0.